The summed E-state index contributed by atoms with van der Waals surface area (Å²) in [5.74, 6) is 3.31. The van der Waals surface area contributed by atoms with E-state index in [1.807, 2.05) is 17.8 Å². The lowest BCUT2D eigenvalue weighted by Crippen LogP contribution is -2.26. The average molecular weight is 219 g/mol. The highest BCUT2D eigenvalue weighted by Gasteiger charge is 2.13. The molecule has 1 fully saturated rings. The maximum absolute atomic E-state index is 8.64. The van der Waals surface area contributed by atoms with Crippen LogP contribution >= 0.6 is 11.8 Å². The minimum Gasteiger partial charge on any atom is -0.367 e. The standard InChI is InChI=1S/C11H13N3S/c12-6-9-3-4-11(13-7-9)14-10-2-1-5-15-8-10/h3-4,7,10H,1-2,5,8H2,(H,13,14). The SMILES string of the molecule is N#Cc1ccc(NC2CCCSC2)nc1. The molecule has 0 spiro atoms. The van der Waals surface area contributed by atoms with Crippen LogP contribution in [0.1, 0.15) is 18.4 Å². The minimum absolute atomic E-state index is 0.532. The fraction of sp³-hybridized carbons (Fsp3) is 0.455. The molecule has 1 saturated heterocycles. The van der Waals surface area contributed by atoms with Gasteiger partial charge < -0.3 is 5.32 Å². The number of rotatable bonds is 2. The Kier molecular flexibility index (Phi) is 3.46. The summed E-state index contributed by atoms with van der Waals surface area (Å²) in [4.78, 5) is 4.20. The van der Waals surface area contributed by atoms with Crippen LogP contribution in [-0.4, -0.2) is 22.5 Å². The number of anilines is 1. The summed E-state index contributed by atoms with van der Waals surface area (Å²) >= 11 is 1.99. The third-order valence-corrected chi connectivity index (χ3v) is 3.62. The molecule has 3 nitrogen and oxygen atoms in total. The van der Waals surface area contributed by atoms with Gasteiger partial charge in [-0.05, 0) is 30.7 Å². The Morgan fingerprint density at radius 3 is 3.07 bits per heavy atom. The van der Waals surface area contributed by atoms with Crippen molar-refractivity contribution in [3.8, 4) is 6.07 Å². The van der Waals surface area contributed by atoms with E-state index < -0.39 is 0 Å². The zero-order valence-electron chi connectivity index (χ0n) is 8.44. The topological polar surface area (TPSA) is 48.7 Å². The van der Waals surface area contributed by atoms with Gasteiger partial charge in [0.05, 0.1) is 5.56 Å². The number of nitrogens with zero attached hydrogens (tertiary/aromatic N) is 2. The van der Waals surface area contributed by atoms with E-state index in [-0.39, 0.29) is 0 Å². The number of thioether (sulfide) groups is 1. The third-order valence-electron chi connectivity index (χ3n) is 2.40. The van der Waals surface area contributed by atoms with Gasteiger partial charge in [-0.2, -0.15) is 17.0 Å². The molecule has 15 heavy (non-hydrogen) atoms. The molecule has 1 atom stereocenters. The molecule has 1 aliphatic heterocycles. The Hall–Kier alpha value is -1.21. The van der Waals surface area contributed by atoms with E-state index in [0.717, 1.165) is 11.6 Å². The van der Waals surface area contributed by atoms with E-state index in [1.165, 1.54) is 18.6 Å². The van der Waals surface area contributed by atoms with E-state index in [0.29, 0.717) is 11.6 Å². The van der Waals surface area contributed by atoms with E-state index in [9.17, 15) is 0 Å². The summed E-state index contributed by atoms with van der Waals surface area (Å²) in [5.41, 5.74) is 0.610. The second-order valence-electron chi connectivity index (χ2n) is 3.60. The second-order valence-corrected chi connectivity index (χ2v) is 4.75. The van der Waals surface area contributed by atoms with Gasteiger partial charge in [0.15, 0.2) is 0 Å². The normalized spacial score (nSPS) is 20.6. The van der Waals surface area contributed by atoms with Crippen LogP contribution in [0, 0.1) is 11.3 Å². The lowest BCUT2D eigenvalue weighted by atomic mass is 10.2. The first-order valence-corrected chi connectivity index (χ1v) is 6.24. The van der Waals surface area contributed by atoms with Gasteiger partial charge in [0.1, 0.15) is 11.9 Å². The van der Waals surface area contributed by atoms with Crippen molar-refractivity contribution in [2.45, 2.75) is 18.9 Å². The Bertz CT molecular complexity index is 349. The second kappa shape index (κ2) is 5.04. The molecule has 0 bridgehead atoms. The number of nitrogens with one attached hydrogen (secondary N) is 1. The summed E-state index contributed by atoms with van der Waals surface area (Å²) in [6.07, 6.45) is 4.10. The van der Waals surface area contributed by atoms with E-state index in [1.54, 1.807) is 12.3 Å². The Labute approximate surface area is 93.9 Å². The summed E-state index contributed by atoms with van der Waals surface area (Å²) in [7, 11) is 0. The number of nitriles is 1. The fourth-order valence-corrected chi connectivity index (χ4v) is 2.68. The molecule has 1 aromatic rings. The highest BCUT2D eigenvalue weighted by atomic mass is 32.2. The van der Waals surface area contributed by atoms with Crippen LogP contribution in [0.15, 0.2) is 18.3 Å². The van der Waals surface area contributed by atoms with Crippen molar-refractivity contribution < 1.29 is 0 Å². The van der Waals surface area contributed by atoms with Crippen molar-refractivity contribution in [1.29, 1.82) is 5.26 Å². The van der Waals surface area contributed by atoms with Crippen LogP contribution in [-0.2, 0) is 0 Å². The molecule has 0 amide bonds. The van der Waals surface area contributed by atoms with E-state index in [4.69, 9.17) is 5.26 Å². The van der Waals surface area contributed by atoms with Crippen LogP contribution in [0.25, 0.3) is 0 Å². The molecule has 0 radical (unpaired) electrons. The molecule has 2 heterocycles. The molecule has 0 aliphatic carbocycles. The van der Waals surface area contributed by atoms with E-state index >= 15 is 0 Å². The molecule has 0 saturated carbocycles. The largest absolute Gasteiger partial charge is 0.367 e. The molecule has 1 aliphatic rings. The van der Waals surface area contributed by atoms with Gasteiger partial charge in [-0.15, -0.1) is 0 Å². The van der Waals surface area contributed by atoms with Crippen LogP contribution in [0.5, 0.6) is 0 Å². The van der Waals surface area contributed by atoms with E-state index in [2.05, 4.69) is 16.4 Å². The Balaban J connectivity index is 1.95. The van der Waals surface area contributed by atoms with Gasteiger partial charge in [-0.25, -0.2) is 4.98 Å². The smallest absolute Gasteiger partial charge is 0.126 e. The van der Waals surface area contributed by atoms with Crippen molar-refractivity contribution in [3.63, 3.8) is 0 Å². The van der Waals surface area contributed by atoms with Crippen molar-refractivity contribution >= 4 is 17.6 Å². The van der Waals surface area contributed by atoms with Crippen molar-refractivity contribution in [2.24, 2.45) is 0 Å². The van der Waals surface area contributed by atoms with Crippen molar-refractivity contribution in [2.75, 3.05) is 16.8 Å². The zero-order chi connectivity index (χ0) is 10.5. The molecule has 2 rings (SSSR count). The highest BCUT2D eigenvalue weighted by Crippen LogP contribution is 2.19. The molecule has 0 aromatic carbocycles. The van der Waals surface area contributed by atoms with Gasteiger partial charge in [0.2, 0.25) is 0 Å². The van der Waals surface area contributed by atoms with Crippen molar-refractivity contribution in [1.82, 2.24) is 4.98 Å². The molecule has 1 N–H and O–H groups in total. The van der Waals surface area contributed by atoms with Crippen molar-refractivity contribution in [3.05, 3.63) is 23.9 Å². The predicted molar refractivity (Wildman–Crippen MR) is 62.9 cm³/mol. The predicted octanol–water partition coefficient (Wildman–Crippen LogP) is 2.26. The third kappa shape index (κ3) is 2.87. The van der Waals surface area contributed by atoms with Crippen LogP contribution in [0.2, 0.25) is 0 Å². The van der Waals surface area contributed by atoms with Gasteiger partial charge in [-0.1, -0.05) is 0 Å². The molecular formula is C11H13N3S. The summed E-state index contributed by atoms with van der Waals surface area (Å²) < 4.78 is 0. The summed E-state index contributed by atoms with van der Waals surface area (Å²) in [6.45, 7) is 0. The first-order valence-electron chi connectivity index (χ1n) is 5.09. The molecule has 78 valence electrons. The monoisotopic (exact) mass is 219 g/mol. The summed E-state index contributed by atoms with van der Waals surface area (Å²) in [6, 6.07) is 6.26. The van der Waals surface area contributed by atoms with Gasteiger partial charge in [-0.3, -0.25) is 0 Å². The van der Waals surface area contributed by atoms with Crippen LogP contribution in [0.4, 0.5) is 5.82 Å². The quantitative estimate of drug-likeness (QED) is 0.829. The Morgan fingerprint density at radius 1 is 1.53 bits per heavy atom. The number of hydrogen-bond donors (Lipinski definition) is 1. The van der Waals surface area contributed by atoms with Crippen LogP contribution < -0.4 is 5.32 Å². The lowest BCUT2D eigenvalue weighted by molar-refractivity contribution is 0.682. The van der Waals surface area contributed by atoms with Gasteiger partial charge >= 0.3 is 0 Å². The molecule has 4 heteroatoms. The number of hydrogen-bond acceptors (Lipinski definition) is 4. The summed E-state index contributed by atoms with van der Waals surface area (Å²) in [5, 5.41) is 12.0. The molecular weight excluding hydrogens is 206 g/mol. The number of pyridine rings is 1. The average Bonchev–Trinajstić information content (AvgIpc) is 2.31. The lowest BCUT2D eigenvalue weighted by Gasteiger charge is -2.22. The first kappa shape index (κ1) is 10.3. The Morgan fingerprint density at radius 2 is 2.47 bits per heavy atom. The zero-order valence-corrected chi connectivity index (χ0v) is 9.26. The highest BCUT2D eigenvalue weighted by molar-refractivity contribution is 7.99. The van der Waals surface area contributed by atoms with Gasteiger partial charge in [0.25, 0.3) is 0 Å². The number of aromatic nitrogens is 1. The maximum atomic E-state index is 8.64. The molecule has 1 unspecified atom stereocenters. The van der Waals surface area contributed by atoms with Gasteiger partial charge in [0, 0.05) is 18.0 Å². The maximum Gasteiger partial charge on any atom is 0.126 e. The van der Waals surface area contributed by atoms with Crippen LogP contribution in [0.3, 0.4) is 0 Å². The molecule has 1 aromatic heterocycles. The first-order chi connectivity index (χ1) is 7.38. The fourth-order valence-electron chi connectivity index (χ4n) is 1.61. The minimum atomic E-state index is 0.532.